The maximum Gasteiger partial charge on any atom is 0.136 e. The van der Waals surface area contributed by atoms with Crippen molar-refractivity contribution in [1.29, 1.82) is 0 Å². The highest BCUT2D eigenvalue weighted by atomic mass is 15.2. The van der Waals surface area contributed by atoms with E-state index in [0.717, 1.165) is 31.4 Å². The van der Waals surface area contributed by atoms with E-state index in [2.05, 4.69) is 46.0 Å². The second-order valence-electron chi connectivity index (χ2n) is 7.52. The lowest BCUT2D eigenvalue weighted by Gasteiger charge is -2.34. The zero-order valence-corrected chi connectivity index (χ0v) is 14.5. The second-order valence-corrected chi connectivity index (χ2v) is 7.52. The fourth-order valence-electron chi connectivity index (χ4n) is 4.15. The van der Waals surface area contributed by atoms with E-state index in [-0.39, 0.29) is 0 Å². The number of benzene rings is 1. The van der Waals surface area contributed by atoms with Crippen LogP contribution in [0.2, 0.25) is 0 Å². The van der Waals surface area contributed by atoms with Gasteiger partial charge in [-0.2, -0.15) is 0 Å². The molecule has 1 atom stereocenters. The Labute approximate surface area is 148 Å². The van der Waals surface area contributed by atoms with Crippen molar-refractivity contribution in [3.8, 4) is 0 Å². The summed E-state index contributed by atoms with van der Waals surface area (Å²) < 4.78 is 2.41. The summed E-state index contributed by atoms with van der Waals surface area (Å²) in [5.41, 5.74) is 0. The molecule has 0 bridgehead atoms. The predicted molar refractivity (Wildman–Crippen MR) is 101 cm³/mol. The highest BCUT2D eigenvalue weighted by Crippen LogP contribution is 2.34. The van der Waals surface area contributed by atoms with Gasteiger partial charge in [0.1, 0.15) is 11.6 Å². The summed E-state index contributed by atoms with van der Waals surface area (Å²) in [5.74, 6) is 3.79. The fraction of sp³-hybridized carbons (Fsp3) is 0.429. The van der Waals surface area contributed by atoms with Gasteiger partial charge in [0.25, 0.3) is 0 Å². The van der Waals surface area contributed by atoms with Gasteiger partial charge < -0.3 is 9.47 Å². The van der Waals surface area contributed by atoms with Crippen molar-refractivity contribution >= 4 is 16.6 Å². The topological polar surface area (TPSA) is 34.0 Å². The molecule has 1 unspecified atom stereocenters. The lowest BCUT2D eigenvalue weighted by atomic mass is 9.96. The summed E-state index contributed by atoms with van der Waals surface area (Å²) in [5, 5.41) is 2.52. The van der Waals surface area contributed by atoms with Crippen LogP contribution in [0.1, 0.15) is 37.4 Å². The molecule has 3 aromatic rings. The van der Waals surface area contributed by atoms with E-state index in [0.29, 0.717) is 5.92 Å². The lowest BCUT2D eigenvalue weighted by Crippen LogP contribution is -2.36. The van der Waals surface area contributed by atoms with Gasteiger partial charge in [0.2, 0.25) is 0 Å². The number of nitrogens with zero attached hydrogens (tertiary/aromatic N) is 4. The van der Waals surface area contributed by atoms with Crippen molar-refractivity contribution in [2.24, 2.45) is 5.92 Å². The molecule has 1 aromatic carbocycles. The van der Waals surface area contributed by atoms with Crippen LogP contribution in [-0.2, 0) is 6.54 Å². The Morgan fingerprint density at radius 3 is 2.84 bits per heavy atom. The molecule has 1 saturated heterocycles. The van der Waals surface area contributed by atoms with E-state index in [1.807, 2.05) is 12.4 Å². The van der Waals surface area contributed by atoms with E-state index in [9.17, 15) is 0 Å². The summed E-state index contributed by atoms with van der Waals surface area (Å²) in [6.45, 7) is 3.25. The third-order valence-corrected chi connectivity index (χ3v) is 5.64. The van der Waals surface area contributed by atoms with Gasteiger partial charge in [-0.3, -0.25) is 0 Å². The number of aromatic nitrogens is 3. The van der Waals surface area contributed by atoms with E-state index >= 15 is 0 Å². The number of hydrogen-bond donors (Lipinski definition) is 0. The lowest BCUT2D eigenvalue weighted by molar-refractivity contribution is 0.462. The van der Waals surface area contributed by atoms with E-state index < -0.39 is 0 Å². The molecule has 0 amide bonds. The van der Waals surface area contributed by atoms with Crippen molar-refractivity contribution in [3.05, 3.63) is 54.7 Å². The summed E-state index contributed by atoms with van der Waals surface area (Å²) >= 11 is 0. The number of hydrogen-bond acceptors (Lipinski definition) is 3. The molecule has 4 heteroatoms. The molecule has 128 valence electrons. The summed E-state index contributed by atoms with van der Waals surface area (Å²) in [6.07, 6.45) is 11.3. The van der Waals surface area contributed by atoms with Gasteiger partial charge in [0.15, 0.2) is 0 Å². The van der Waals surface area contributed by atoms with E-state index in [4.69, 9.17) is 9.97 Å². The molecule has 1 aliphatic carbocycles. The van der Waals surface area contributed by atoms with Crippen molar-refractivity contribution < 1.29 is 0 Å². The molecule has 1 saturated carbocycles. The summed E-state index contributed by atoms with van der Waals surface area (Å²) in [6, 6.07) is 10.7. The minimum atomic E-state index is 0.503. The van der Waals surface area contributed by atoms with Crippen LogP contribution in [0.25, 0.3) is 10.8 Å². The first-order valence-electron chi connectivity index (χ1n) is 9.48. The molecule has 2 aliphatic rings. The van der Waals surface area contributed by atoms with Gasteiger partial charge in [-0.1, -0.05) is 24.3 Å². The van der Waals surface area contributed by atoms with Gasteiger partial charge in [-0.25, -0.2) is 9.97 Å². The first-order valence-corrected chi connectivity index (χ1v) is 9.48. The SMILES string of the molecule is c1ccc2c(N3CCCC(c4nccn4CC4CC4)C3)nccc2c1. The number of fused-ring (bicyclic) bond motifs is 1. The second kappa shape index (κ2) is 6.17. The molecule has 4 nitrogen and oxygen atoms in total. The van der Waals surface area contributed by atoms with Crippen molar-refractivity contribution in [3.63, 3.8) is 0 Å². The molecular formula is C21H24N4. The molecular weight excluding hydrogens is 308 g/mol. The number of imidazole rings is 1. The molecule has 1 aliphatic heterocycles. The van der Waals surface area contributed by atoms with E-state index in [1.54, 1.807) is 0 Å². The number of piperidine rings is 1. The molecule has 0 radical (unpaired) electrons. The molecule has 5 rings (SSSR count). The molecule has 2 aromatic heterocycles. The number of pyridine rings is 1. The zero-order chi connectivity index (χ0) is 16.6. The quantitative estimate of drug-likeness (QED) is 0.717. The van der Waals surface area contributed by atoms with Gasteiger partial charge in [0.05, 0.1) is 0 Å². The van der Waals surface area contributed by atoms with Crippen molar-refractivity contribution in [1.82, 2.24) is 14.5 Å². The molecule has 2 fully saturated rings. The fourth-order valence-corrected chi connectivity index (χ4v) is 4.15. The van der Waals surface area contributed by atoms with Crippen LogP contribution in [0.5, 0.6) is 0 Å². The Balaban J connectivity index is 1.43. The predicted octanol–water partition coefficient (Wildman–Crippen LogP) is 4.23. The average Bonchev–Trinajstić information content (AvgIpc) is 3.36. The third-order valence-electron chi connectivity index (χ3n) is 5.64. The van der Waals surface area contributed by atoms with Crippen LogP contribution in [0, 0.1) is 5.92 Å². The Hall–Kier alpha value is -2.36. The van der Waals surface area contributed by atoms with E-state index in [1.165, 1.54) is 42.3 Å². The van der Waals surface area contributed by atoms with Crippen LogP contribution >= 0.6 is 0 Å². The molecule has 3 heterocycles. The highest BCUT2D eigenvalue weighted by molar-refractivity contribution is 5.92. The maximum absolute atomic E-state index is 4.73. The Kier molecular flexibility index (Phi) is 3.69. The molecule has 0 spiro atoms. The number of anilines is 1. The number of rotatable bonds is 4. The standard InChI is InChI=1S/C21H24N4/c1-2-6-19-17(4-1)9-10-22-21(19)24-12-3-5-18(15-24)20-23-11-13-25(20)14-16-7-8-16/h1-2,4,6,9-11,13,16,18H,3,5,7-8,12,14-15H2. The Morgan fingerprint density at radius 2 is 1.92 bits per heavy atom. The monoisotopic (exact) mass is 332 g/mol. The van der Waals surface area contributed by atoms with Crippen LogP contribution in [0.3, 0.4) is 0 Å². The first-order chi connectivity index (χ1) is 12.4. The highest BCUT2D eigenvalue weighted by Gasteiger charge is 2.28. The van der Waals surface area contributed by atoms with Crippen LogP contribution in [0.4, 0.5) is 5.82 Å². The summed E-state index contributed by atoms with van der Waals surface area (Å²) in [7, 11) is 0. The smallest absolute Gasteiger partial charge is 0.136 e. The maximum atomic E-state index is 4.73. The molecule has 0 N–H and O–H groups in total. The van der Waals surface area contributed by atoms with Crippen LogP contribution in [-0.4, -0.2) is 27.6 Å². The Morgan fingerprint density at radius 1 is 1.00 bits per heavy atom. The van der Waals surface area contributed by atoms with Gasteiger partial charge >= 0.3 is 0 Å². The minimum absolute atomic E-state index is 0.503. The normalized spacial score (nSPS) is 21.0. The first kappa shape index (κ1) is 14.9. The largest absolute Gasteiger partial charge is 0.355 e. The van der Waals surface area contributed by atoms with Crippen molar-refractivity contribution in [2.45, 2.75) is 38.1 Å². The van der Waals surface area contributed by atoms with Gasteiger partial charge in [0, 0.05) is 49.5 Å². The Bertz CT molecular complexity index is 875. The van der Waals surface area contributed by atoms with Crippen LogP contribution < -0.4 is 4.90 Å². The van der Waals surface area contributed by atoms with Crippen molar-refractivity contribution in [2.75, 3.05) is 18.0 Å². The zero-order valence-electron chi connectivity index (χ0n) is 14.5. The average molecular weight is 332 g/mol. The molecule has 25 heavy (non-hydrogen) atoms. The van der Waals surface area contributed by atoms with Crippen LogP contribution in [0.15, 0.2) is 48.9 Å². The third kappa shape index (κ3) is 2.90. The van der Waals surface area contributed by atoms with Gasteiger partial charge in [-0.15, -0.1) is 0 Å². The summed E-state index contributed by atoms with van der Waals surface area (Å²) in [4.78, 5) is 11.9. The van der Waals surface area contributed by atoms with Gasteiger partial charge in [-0.05, 0) is 43.1 Å². The minimum Gasteiger partial charge on any atom is -0.355 e.